The van der Waals surface area contributed by atoms with Crippen LogP contribution in [0.2, 0.25) is 0 Å². The van der Waals surface area contributed by atoms with Gasteiger partial charge in [0.2, 0.25) is 0 Å². The lowest BCUT2D eigenvalue weighted by Crippen LogP contribution is -2.53. The van der Waals surface area contributed by atoms with E-state index >= 15 is 0 Å². The maximum atomic E-state index is 12.3. The fourth-order valence-corrected chi connectivity index (χ4v) is 3.95. The van der Waals surface area contributed by atoms with Crippen molar-refractivity contribution < 1.29 is 8.42 Å². The van der Waals surface area contributed by atoms with Crippen molar-refractivity contribution in [2.24, 2.45) is 0 Å². The van der Waals surface area contributed by atoms with Crippen LogP contribution in [0, 0.1) is 0 Å². The Kier molecular flexibility index (Phi) is 3.84. The van der Waals surface area contributed by atoms with Crippen molar-refractivity contribution in [3.63, 3.8) is 0 Å². The topological polar surface area (TPSA) is 43.9 Å². The minimum absolute atomic E-state index is 0.634. The summed E-state index contributed by atoms with van der Waals surface area (Å²) in [5.41, 5.74) is 0. The van der Waals surface area contributed by atoms with Gasteiger partial charge in [-0.05, 0) is 19.9 Å². The molecule has 2 aliphatic rings. The Morgan fingerprint density at radius 1 is 0.750 bits per heavy atom. The van der Waals surface area contributed by atoms with E-state index in [4.69, 9.17) is 0 Å². The van der Waals surface area contributed by atoms with Crippen LogP contribution in [-0.2, 0) is 10.2 Å². The molecule has 0 N–H and O–H groups in total. The van der Waals surface area contributed by atoms with Crippen LogP contribution in [0.15, 0.2) is 0 Å². The van der Waals surface area contributed by atoms with Gasteiger partial charge in [-0.15, -0.1) is 0 Å². The Morgan fingerprint density at radius 2 is 1.25 bits per heavy atom. The van der Waals surface area contributed by atoms with Crippen LogP contribution in [0.1, 0.15) is 19.3 Å². The Bertz CT molecular complexity index is 317. The maximum Gasteiger partial charge on any atom is 0.282 e. The molecule has 0 aromatic carbocycles. The van der Waals surface area contributed by atoms with E-state index in [-0.39, 0.29) is 0 Å². The second-order valence-electron chi connectivity index (χ2n) is 4.67. The van der Waals surface area contributed by atoms with Crippen molar-refractivity contribution in [1.29, 1.82) is 0 Å². The molecule has 2 rings (SSSR count). The van der Waals surface area contributed by atoms with E-state index in [1.54, 1.807) is 8.61 Å². The number of likely N-dealkylation sites (N-methyl/N-ethyl adjacent to an activating group) is 1. The first-order valence-electron chi connectivity index (χ1n) is 6.04. The molecule has 0 bridgehead atoms. The Morgan fingerprint density at radius 3 is 1.81 bits per heavy atom. The van der Waals surface area contributed by atoms with Crippen LogP contribution >= 0.6 is 0 Å². The molecule has 2 aliphatic heterocycles. The molecule has 0 spiro atoms. The van der Waals surface area contributed by atoms with E-state index in [1.165, 1.54) is 0 Å². The number of nitrogens with zero attached hydrogens (tertiary/aromatic N) is 3. The van der Waals surface area contributed by atoms with Crippen LogP contribution in [0.5, 0.6) is 0 Å². The summed E-state index contributed by atoms with van der Waals surface area (Å²) >= 11 is 0. The molecule has 0 unspecified atom stereocenters. The van der Waals surface area contributed by atoms with Crippen molar-refractivity contribution in [3.05, 3.63) is 0 Å². The normalized spacial score (nSPS) is 27.1. The van der Waals surface area contributed by atoms with Gasteiger partial charge >= 0.3 is 0 Å². The number of hydrogen-bond donors (Lipinski definition) is 0. The van der Waals surface area contributed by atoms with Crippen molar-refractivity contribution in [2.75, 3.05) is 46.3 Å². The van der Waals surface area contributed by atoms with Crippen LogP contribution in [-0.4, -0.2) is 68.2 Å². The Labute approximate surface area is 98.2 Å². The molecule has 0 atom stereocenters. The zero-order valence-corrected chi connectivity index (χ0v) is 10.7. The summed E-state index contributed by atoms with van der Waals surface area (Å²) in [6.45, 7) is 4.36. The predicted molar refractivity (Wildman–Crippen MR) is 63.4 cm³/mol. The molecule has 0 aliphatic carbocycles. The highest BCUT2D eigenvalue weighted by atomic mass is 32.2. The number of rotatable bonds is 2. The van der Waals surface area contributed by atoms with Gasteiger partial charge in [-0.1, -0.05) is 6.42 Å². The molecule has 5 nitrogen and oxygen atoms in total. The van der Waals surface area contributed by atoms with Gasteiger partial charge in [0.15, 0.2) is 0 Å². The second-order valence-corrected chi connectivity index (χ2v) is 6.60. The van der Waals surface area contributed by atoms with E-state index < -0.39 is 10.2 Å². The van der Waals surface area contributed by atoms with E-state index in [0.29, 0.717) is 26.2 Å². The Balaban J connectivity index is 2.00. The molecule has 0 aromatic heterocycles. The number of piperazine rings is 1. The van der Waals surface area contributed by atoms with E-state index in [1.807, 2.05) is 7.05 Å². The van der Waals surface area contributed by atoms with Crippen LogP contribution in [0.3, 0.4) is 0 Å². The molecule has 0 aromatic rings. The molecule has 94 valence electrons. The van der Waals surface area contributed by atoms with Gasteiger partial charge in [-0.2, -0.15) is 17.0 Å². The van der Waals surface area contributed by atoms with E-state index in [2.05, 4.69) is 4.90 Å². The lowest BCUT2D eigenvalue weighted by molar-refractivity contribution is 0.207. The van der Waals surface area contributed by atoms with E-state index in [9.17, 15) is 8.42 Å². The van der Waals surface area contributed by atoms with Crippen molar-refractivity contribution in [3.8, 4) is 0 Å². The molecule has 0 saturated carbocycles. The summed E-state index contributed by atoms with van der Waals surface area (Å²) in [5, 5.41) is 0. The summed E-state index contributed by atoms with van der Waals surface area (Å²) in [5.74, 6) is 0. The van der Waals surface area contributed by atoms with Gasteiger partial charge in [0.1, 0.15) is 0 Å². The van der Waals surface area contributed by atoms with Crippen molar-refractivity contribution in [2.45, 2.75) is 19.3 Å². The fraction of sp³-hybridized carbons (Fsp3) is 1.00. The number of hydrogen-bond acceptors (Lipinski definition) is 3. The minimum Gasteiger partial charge on any atom is -0.304 e. The highest BCUT2D eigenvalue weighted by Crippen LogP contribution is 2.17. The van der Waals surface area contributed by atoms with Gasteiger partial charge in [0.05, 0.1) is 0 Å². The summed E-state index contributed by atoms with van der Waals surface area (Å²) in [4.78, 5) is 2.17. The zero-order chi connectivity index (χ0) is 11.6. The smallest absolute Gasteiger partial charge is 0.282 e. The molecular weight excluding hydrogens is 226 g/mol. The third-order valence-corrected chi connectivity index (χ3v) is 5.47. The first kappa shape index (κ1) is 12.3. The van der Waals surface area contributed by atoms with Crippen molar-refractivity contribution in [1.82, 2.24) is 13.5 Å². The highest BCUT2D eigenvalue weighted by Gasteiger charge is 2.32. The van der Waals surface area contributed by atoms with Crippen LogP contribution < -0.4 is 0 Å². The first-order chi connectivity index (χ1) is 7.60. The molecule has 2 saturated heterocycles. The molecule has 2 heterocycles. The summed E-state index contributed by atoms with van der Waals surface area (Å²) in [6.07, 6.45) is 3.18. The third-order valence-electron chi connectivity index (χ3n) is 3.43. The van der Waals surface area contributed by atoms with Gasteiger partial charge in [-0.3, -0.25) is 0 Å². The van der Waals surface area contributed by atoms with Gasteiger partial charge in [-0.25, -0.2) is 0 Å². The SMILES string of the molecule is CN1CCN(S(=O)(=O)N2CCCCC2)CC1. The zero-order valence-electron chi connectivity index (χ0n) is 9.93. The van der Waals surface area contributed by atoms with Gasteiger partial charge in [0, 0.05) is 39.3 Å². The van der Waals surface area contributed by atoms with Crippen LogP contribution in [0.25, 0.3) is 0 Å². The lowest BCUT2D eigenvalue weighted by Gasteiger charge is -2.36. The van der Waals surface area contributed by atoms with E-state index in [0.717, 1.165) is 32.4 Å². The fourth-order valence-electron chi connectivity index (χ4n) is 2.28. The summed E-state index contributed by atoms with van der Waals surface area (Å²) in [7, 11) is -1.14. The van der Waals surface area contributed by atoms with Gasteiger partial charge in [0.25, 0.3) is 10.2 Å². The monoisotopic (exact) mass is 247 g/mol. The quantitative estimate of drug-likeness (QED) is 0.688. The van der Waals surface area contributed by atoms with Crippen molar-refractivity contribution >= 4 is 10.2 Å². The Hall–Kier alpha value is -0.170. The molecule has 16 heavy (non-hydrogen) atoms. The average molecular weight is 247 g/mol. The summed E-state index contributed by atoms with van der Waals surface area (Å²) < 4.78 is 27.9. The largest absolute Gasteiger partial charge is 0.304 e. The highest BCUT2D eigenvalue weighted by molar-refractivity contribution is 7.86. The average Bonchev–Trinajstić information content (AvgIpc) is 2.31. The molecule has 0 amide bonds. The second kappa shape index (κ2) is 5.00. The standard InChI is InChI=1S/C10H21N3O2S/c1-11-7-9-13(10-8-11)16(14,15)12-5-3-2-4-6-12/h2-10H2,1H3. The minimum atomic E-state index is -3.17. The first-order valence-corrected chi connectivity index (χ1v) is 7.44. The maximum absolute atomic E-state index is 12.3. The number of piperidine rings is 1. The van der Waals surface area contributed by atoms with Crippen LogP contribution in [0.4, 0.5) is 0 Å². The molecule has 6 heteroatoms. The predicted octanol–water partition coefficient (Wildman–Crippen LogP) is -0.0355. The molecular formula is C10H21N3O2S. The lowest BCUT2D eigenvalue weighted by atomic mass is 10.2. The third kappa shape index (κ3) is 2.56. The molecule has 2 fully saturated rings. The summed E-state index contributed by atoms with van der Waals surface area (Å²) in [6, 6.07) is 0. The van der Waals surface area contributed by atoms with Gasteiger partial charge < -0.3 is 4.90 Å². The molecule has 0 radical (unpaired) electrons.